The van der Waals surface area contributed by atoms with Gasteiger partial charge >= 0.3 is 0 Å². The normalized spacial score (nSPS) is 13.2. The number of aryl methyl sites for hydroxylation is 2. The maximum Gasteiger partial charge on any atom is 0.262 e. The molecule has 3 aromatic rings. The zero-order chi connectivity index (χ0) is 17.6. The Hall–Kier alpha value is -2.61. The van der Waals surface area contributed by atoms with Crippen LogP contribution in [0.1, 0.15) is 16.9 Å². The van der Waals surface area contributed by atoms with Gasteiger partial charge < -0.3 is 5.32 Å². The predicted molar refractivity (Wildman–Crippen MR) is 90.9 cm³/mol. The van der Waals surface area contributed by atoms with Gasteiger partial charge in [0.2, 0.25) is 5.91 Å². The van der Waals surface area contributed by atoms with E-state index in [1.54, 1.807) is 0 Å². The molecule has 0 fully saturated rings. The fourth-order valence-electron chi connectivity index (χ4n) is 3.11. The van der Waals surface area contributed by atoms with Crippen molar-refractivity contribution in [2.75, 3.05) is 5.32 Å². The molecule has 2 heterocycles. The average molecular weight is 361 g/mol. The highest BCUT2D eigenvalue weighted by molar-refractivity contribution is 7.18. The SMILES string of the molecule is O=C(Cn1cnc2sc3c(c2c1=O)CCC3)Nc1cc(F)cc(F)c1. The zero-order valence-corrected chi connectivity index (χ0v) is 13.8. The molecule has 0 unspecified atom stereocenters. The summed E-state index contributed by atoms with van der Waals surface area (Å²) in [5.74, 6) is -2.13. The number of fused-ring (bicyclic) bond motifs is 3. The Labute approximate surface area is 144 Å². The Balaban J connectivity index is 1.61. The first kappa shape index (κ1) is 15.9. The van der Waals surface area contributed by atoms with Crippen molar-refractivity contribution in [2.45, 2.75) is 25.8 Å². The topological polar surface area (TPSA) is 64.0 Å². The number of nitrogens with zero attached hydrogens (tertiary/aromatic N) is 2. The number of benzene rings is 1. The Bertz CT molecular complexity index is 1040. The van der Waals surface area contributed by atoms with Gasteiger partial charge in [0.05, 0.1) is 11.7 Å². The second-order valence-corrected chi connectivity index (χ2v) is 7.01. The maximum atomic E-state index is 13.2. The third-order valence-corrected chi connectivity index (χ3v) is 5.35. The molecule has 2 aromatic heterocycles. The lowest BCUT2D eigenvalue weighted by Crippen LogP contribution is -2.28. The van der Waals surface area contributed by atoms with Crippen molar-refractivity contribution < 1.29 is 13.6 Å². The van der Waals surface area contributed by atoms with Crippen LogP contribution in [0.4, 0.5) is 14.5 Å². The van der Waals surface area contributed by atoms with Crippen LogP contribution in [0, 0.1) is 11.6 Å². The summed E-state index contributed by atoms with van der Waals surface area (Å²) in [6.07, 6.45) is 4.17. The molecule has 4 rings (SSSR count). The first-order chi connectivity index (χ1) is 12.0. The molecule has 1 amide bonds. The summed E-state index contributed by atoms with van der Waals surface area (Å²) >= 11 is 1.53. The van der Waals surface area contributed by atoms with Gasteiger partial charge in [-0.1, -0.05) is 0 Å². The largest absolute Gasteiger partial charge is 0.324 e. The van der Waals surface area contributed by atoms with E-state index in [4.69, 9.17) is 0 Å². The van der Waals surface area contributed by atoms with Crippen molar-refractivity contribution in [1.29, 1.82) is 0 Å². The van der Waals surface area contributed by atoms with Gasteiger partial charge in [-0.15, -0.1) is 11.3 Å². The molecule has 0 spiro atoms. The molecule has 1 aliphatic carbocycles. The lowest BCUT2D eigenvalue weighted by Gasteiger charge is -2.08. The Kier molecular flexibility index (Phi) is 3.84. The number of rotatable bonds is 3. The number of carbonyl (C=O) groups excluding carboxylic acids is 1. The summed E-state index contributed by atoms with van der Waals surface area (Å²) < 4.78 is 27.6. The van der Waals surface area contributed by atoms with E-state index in [2.05, 4.69) is 10.3 Å². The molecule has 1 aromatic carbocycles. The quantitative estimate of drug-likeness (QED) is 0.780. The van der Waals surface area contributed by atoms with Gasteiger partial charge in [0.25, 0.3) is 5.56 Å². The average Bonchev–Trinajstić information content (AvgIpc) is 3.09. The summed E-state index contributed by atoms with van der Waals surface area (Å²) in [6.45, 7) is -0.273. The van der Waals surface area contributed by atoms with Crippen LogP contribution in [0.5, 0.6) is 0 Å². The van der Waals surface area contributed by atoms with E-state index in [1.807, 2.05) is 0 Å². The molecule has 128 valence electrons. The summed E-state index contributed by atoms with van der Waals surface area (Å²) in [5.41, 5.74) is 0.783. The van der Waals surface area contributed by atoms with Crippen molar-refractivity contribution in [3.8, 4) is 0 Å². The minimum atomic E-state index is -0.788. The first-order valence-electron chi connectivity index (χ1n) is 7.77. The lowest BCUT2D eigenvalue weighted by atomic mass is 10.2. The van der Waals surface area contributed by atoms with Crippen molar-refractivity contribution in [3.63, 3.8) is 0 Å². The van der Waals surface area contributed by atoms with Crippen molar-refractivity contribution in [1.82, 2.24) is 9.55 Å². The number of aromatic nitrogens is 2. The van der Waals surface area contributed by atoms with Gasteiger partial charge in [0.1, 0.15) is 23.0 Å². The van der Waals surface area contributed by atoms with E-state index in [-0.39, 0.29) is 17.8 Å². The Morgan fingerprint density at radius 1 is 1.24 bits per heavy atom. The van der Waals surface area contributed by atoms with Crippen LogP contribution in [0.3, 0.4) is 0 Å². The standard InChI is InChI=1S/C17H13F2N3O2S/c18-9-4-10(19)6-11(5-9)21-14(23)7-22-8-20-16-15(17(22)24)12-2-1-3-13(12)25-16/h4-6,8H,1-3,7H2,(H,21,23). The van der Waals surface area contributed by atoms with Crippen molar-refractivity contribution >= 4 is 33.1 Å². The van der Waals surface area contributed by atoms with Gasteiger partial charge in [-0.05, 0) is 37.0 Å². The summed E-state index contributed by atoms with van der Waals surface area (Å²) in [5, 5.41) is 2.98. The molecule has 8 heteroatoms. The van der Waals surface area contributed by atoms with E-state index in [0.717, 1.165) is 43.0 Å². The minimum absolute atomic E-state index is 0.000936. The highest BCUT2D eigenvalue weighted by atomic mass is 32.1. The zero-order valence-electron chi connectivity index (χ0n) is 13.0. The van der Waals surface area contributed by atoms with Crippen LogP contribution in [-0.4, -0.2) is 15.5 Å². The number of anilines is 1. The number of nitrogens with one attached hydrogen (secondary N) is 1. The minimum Gasteiger partial charge on any atom is -0.324 e. The van der Waals surface area contributed by atoms with Crippen molar-refractivity contribution in [3.05, 3.63) is 57.0 Å². The molecule has 0 saturated carbocycles. The van der Waals surface area contributed by atoms with E-state index < -0.39 is 17.5 Å². The second kappa shape index (κ2) is 6.03. The summed E-state index contributed by atoms with van der Waals surface area (Å²) in [4.78, 5) is 31.0. The molecule has 0 aliphatic heterocycles. The molecule has 0 bridgehead atoms. The first-order valence-corrected chi connectivity index (χ1v) is 8.58. The predicted octanol–water partition coefficient (Wildman–Crippen LogP) is 2.86. The van der Waals surface area contributed by atoms with E-state index in [0.29, 0.717) is 10.2 Å². The van der Waals surface area contributed by atoms with Gasteiger partial charge in [-0.25, -0.2) is 13.8 Å². The Morgan fingerprint density at radius 2 is 2.00 bits per heavy atom. The highest BCUT2D eigenvalue weighted by Gasteiger charge is 2.21. The molecular formula is C17H13F2N3O2S. The Morgan fingerprint density at radius 3 is 2.76 bits per heavy atom. The van der Waals surface area contributed by atoms with Crippen LogP contribution in [-0.2, 0) is 24.2 Å². The second-order valence-electron chi connectivity index (χ2n) is 5.92. The fraction of sp³-hybridized carbons (Fsp3) is 0.235. The van der Waals surface area contributed by atoms with Gasteiger partial charge in [0.15, 0.2) is 0 Å². The fourth-order valence-corrected chi connectivity index (χ4v) is 4.33. The molecule has 0 atom stereocenters. The summed E-state index contributed by atoms with van der Waals surface area (Å²) in [7, 11) is 0. The molecule has 0 saturated heterocycles. The number of hydrogen-bond acceptors (Lipinski definition) is 4. The monoisotopic (exact) mass is 361 g/mol. The van der Waals surface area contributed by atoms with Crippen LogP contribution < -0.4 is 10.9 Å². The van der Waals surface area contributed by atoms with E-state index in [1.165, 1.54) is 27.1 Å². The van der Waals surface area contributed by atoms with E-state index in [9.17, 15) is 18.4 Å². The number of thiophene rings is 1. The molecule has 25 heavy (non-hydrogen) atoms. The van der Waals surface area contributed by atoms with Crippen molar-refractivity contribution in [2.24, 2.45) is 0 Å². The van der Waals surface area contributed by atoms with E-state index >= 15 is 0 Å². The van der Waals surface area contributed by atoms with Gasteiger partial charge in [-0.3, -0.25) is 14.2 Å². The molecule has 5 nitrogen and oxygen atoms in total. The molecule has 0 radical (unpaired) electrons. The van der Waals surface area contributed by atoms with Crippen LogP contribution in [0.25, 0.3) is 10.2 Å². The third-order valence-electron chi connectivity index (χ3n) is 4.15. The third kappa shape index (κ3) is 2.93. The number of halogens is 2. The van der Waals surface area contributed by atoms with Crippen LogP contribution >= 0.6 is 11.3 Å². The molecule has 1 N–H and O–H groups in total. The van der Waals surface area contributed by atoms with Crippen LogP contribution in [0.15, 0.2) is 29.3 Å². The van der Waals surface area contributed by atoms with Gasteiger partial charge in [-0.2, -0.15) is 0 Å². The number of carbonyl (C=O) groups is 1. The number of amides is 1. The molecule has 1 aliphatic rings. The summed E-state index contributed by atoms with van der Waals surface area (Å²) in [6, 6.07) is 2.74. The lowest BCUT2D eigenvalue weighted by molar-refractivity contribution is -0.116. The maximum absolute atomic E-state index is 13.2. The number of hydrogen-bond donors (Lipinski definition) is 1. The van der Waals surface area contributed by atoms with Gasteiger partial charge in [0, 0.05) is 16.6 Å². The highest BCUT2D eigenvalue weighted by Crippen LogP contribution is 2.34. The smallest absolute Gasteiger partial charge is 0.262 e. The molecular weight excluding hydrogens is 348 g/mol. The van der Waals surface area contributed by atoms with Crippen LogP contribution in [0.2, 0.25) is 0 Å².